The highest BCUT2D eigenvalue weighted by molar-refractivity contribution is 6.32. The summed E-state index contributed by atoms with van der Waals surface area (Å²) in [4.78, 5) is 22.4. The smallest absolute Gasteiger partial charge is 0.338 e. The summed E-state index contributed by atoms with van der Waals surface area (Å²) in [6.45, 7) is 0.00124. The second-order valence-electron chi connectivity index (χ2n) is 5.56. The highest BCUT2D eigenvalue weighted by atomic mass is 35.5. The fourth-order valence-corrected chi connectivity index (χ4v) is 2.52. The third-order valence-electron chi connectivity index (χ3n) is 3.63. The van der Waals surface area contributed by atoms with E-state index in [1.54, 1.807) is 24.3 Å². The first kappa shape index (κ1) is 18.4. The number of para-hydroxylation sites is 1. The van der Waals surface area contributed by atoms with Crippen LogP contribution < -0.4 is 4.74 Å². The summed E-state index contributed by atoms with van der Waals surface area (Å²) in [6, 6.07) is 20.2. The van der Waals surface area contributed by atoms with Gasteiger partial charge < -0.3 is 9.47 Å². The Labute approximate surface area is 160 Å². The fraction of sp³-hybridized carbons (Fsp3) is 0.0500. The average molecular weight is 384 g/mol. The minimum absolute atomic E-state index is 0.00124. The quantitative estimate of drug-likeness (QED) is 0.323. The molecule has 0 aliphatic rings. The van der Waals surface area contributed by atoms with Crippen molar-refractivity contribution in [1.82, 2.24) is 0 Å². The molecule has 0 bridgehead atoms. The molecule has 0 saturated heterocycles. The van der Waals surface area contributed by atoms with Crippen LogP contribution in [0.2, 0.25) is 5.02 Å². The summed E-state index contributed by atoms with van der Waals surface area (Å²) in [5.41, 5.74) is 0.437. The van der Waals surface area contributed by atoms with Gasteiger partial charge in [-0.1, -0.05) is 41.9 Å². The number of nitro groups is 1. The van der Waals surface area contributed by atoms with Crippen molar-refractivity contribution in [3.05, 3.63) is 99.1 Å². The Hall–Kier alpha value is -3.38. The van der Waals surface area contributed by atoms with Crippen molar-refractivity contribution in [3.8, 4) is 11.5 Å². The van der Waals surface area contributed by atoms with Gasteiger partial charge in [-0.25, -0.2) is 4.79 Å². The van der Waals surface area contributed by atoms with Crippen LogP contribution >= 0.6 is 11.6 Å². The third-order valence-corrected chi connectivity index (χ3v) is 3.95. The first-order chi connectivity index (χ1) is 13.0. The number of carbonyl (C=O) groups excluding carboxylic acids is 1. The number of rotatable bonds is 6. The maximum Gasteiger partial charge on any atom is 0.338 e. The van der Waals surface area contributed by atoms with E-state index in [9.17, 15) is 14.9 Å². The maximum atomic E-state index is 12.2. The monoisotopic (exact) mass is 383 g/mol. The molecule has 0 heterocycles. The van der Waals surface area contributed by atoms with Crippen LogP contribution in [0.15, 0.2) is 72.8 Å². The molecule has 0 spiro atoms. The van der Waals surface area contributed by atoms with Crippen LogP contribution in [-0.4, -0.2) is 10.9 Å². The maximum absolute atomic E-state index is 12.2. The van der Waals surface area contributed by atoms with E-state index < -0.39 is 10.9 Å². The Morgan fingerprint density at radius 1 is 0.963 bits per heavy atom. The van der Waals surface area contributed by atoms with Gasteiger partial charge in [0.1, 0.15) is 23.1 Å². The van der Waals surface area contributed by atoms with Crippen LogP contribution in [-0.2, 0) is 11.3 Å². The number of halogens is 1. The van der Waals surface area contributed by atoms with Crippen molar-refractivity contribution in [2.45, 2.75) is 6.61 Å². The summed E-state index contributed by atoms with van der Waals surface area (Å²) >= 11 is 5.75. The number of nitrogens with zero attached hydrogens (tertiary/aromatic N) is 1. The normalized spacial score (nSPS) is 10.3. The molecule has 3 aromatic rings. The van der Waals surface area contributed by atoms with Gasteiger partial charge >= 0.3 is 5.97 Å². The summed E-state index contributed by atoms with van der Waals surface area (Å²) < 4.78 is 11.0. The number of nitro benzene ring substituents is 1. The molecular weight excluding hydrogens is 370 g/mol. The van der Waals surface area contributed by atoms with Gasteiger partial charge in [-0.2, -0.15) is 0 Å². The highest BCUT2D eigenvalue weighted by Gasteiger charge is 2.17. The minimum atomic E-state index is -0.677. The summed E-state index contributed by atoms with van der Waals surface area (Å²) in [5, 5.41) is 10.9. The van der Waals surface area contributed by atoms with Gasteiger partial charge in [-0.15, -0.1) is 0 Å². The van der Waals surface area contributed by atoms with E-state index in [1.807, 2.05) is 30.3 Å². The Balaban J connectivity index is 1.66. The number of ether oxygens (including phenoxy) is 2. The van der Waals surface area contributed by atoms with Crippen LogP contribution in [0.3, 0.4) is 0 Å². The van der Waals surface area contributed by atoms with E-state index in [-0.39, 0.29) is 22.9 Å². The number of benzene rings is 3. The van der Waals surface area contributed by atoms with Crippen molar-refractivity contribution in [1.29, 1.82) is 0 Å². The lowest BCUT2D eigenvalue weighted by molar-refractivity contribution is -0.384. The van der Waals surface area contributed by atoms with Gasteiger partial charge in [0.2, 0.25) is 0 Å². The molecule has 0 aromatic heterocycles. The molecule has 3 rings (SSSR count). The molecular formula is C20H14ClNO5. The van der Waals surface area contributed by atoms with Crippen LogP contribution in [0.4, 0.5) is 5.69 Å². The van der Waals surface area contributed by atoms with Gasteiger partial charge in [-0.3, -0.25) is 10.1 Å². The summed E-state index contributed by atoms with van der Waals surface area (Å²) in [7, 11) is 0. The molecule has 7 heteroatoms. The molecule has 0 aliphatic carbocycles. The van der Waals surface area contributed by atoms with Crippen molar-refractivity contribution in [3.63, 3.8) is 0 Å². The minimum Gasteiger partial charge on any atom is -0.457 e. The zero-order chi connectivity index (χ0) is 19.2. The Morgan fingerprint density at radius 2 is 1.70 bits per heavy atom. The molecule has 0 atom stereocenters. The Morgan fingerprint density at radius 3 is 2.44 bits per heavy atom. The molecule has 0 unspecified atom stereocenters. The number of esters is 1. The lowest BCUT2D eigenvalue weighted by atomic mass is 10.2. The second-order valence-corrected chi connectivity index (χ2v) is 5.97. The van der Waals surface area contributed by atoms with E-state index in [4.69, 9.17) is 21.1 Å². The third kappa shape index (κ3) is 4.83. The summed E-state index contributed by atoms with van der Waals surface area (Å²) in [6.07, 6.45) is 0. The first-order valence-electron chi connectivity index (χ1n) is 7.96. The molecule has 0 saturated carbocycles. The van der Waals surface area contributed by atoms with E-state index in [1.165, 1.54) is 12.1 Å². The number of hydrogen-bond donors (Lipinski definition) is 0. The summed E-state index contributed by atoms with van der Waals surface area (Å²) in [5.74, 6) is 0.626. The molecule has 0 radical (unpaired) electrons. The average Bonchev–Trinajstić information content (AvgIpc) is 2.67. The largest absolute Gasteiger partial charge is 0.457 e. The van der Waals surface area contributed by atoms with Gasteiger partial charge in [-0.05, 0) is 42.0 Å². The first-order valence-corrected chi connectivity index (χ1v) is 8.33. The van der Waals surface area contributed by atoms with Crippen molar-refractivity contribution >= 4 is 23.3 Å². The van der Waals surface area contributed by atoms with E-state index in [0.29, 0.717) is 11.5 Å². The lowest BCUT2D eigenvalue weighted by Crippen LogP contribution is -2.06. The molecule has 3 aromatic carbocycles. The van der Waals surface area contributed by atoms with E-state index >= 15 is 0 Å². The van der Waals surface area contributed by atoms with Gasteiger partial charge in [0.15, 0.2) is 0 Å². The zero-order valence-electron chi connectivity index (χ0n) is 14.0. The zero-order valence-corrected chi connectivity index (χ0v) is 14.8. The van der Waals surface area contributed by atoms with Crippen molar-refractivity contribution in [2.75, 3.05) is 0 Å². The molecule has 0 fully saturated rings. The van der Waals surface area contributed by atoms with Gasteiger partial charge in [0.05, 0.1) is 10.5 Å². The van der Waals surface area contributed by atoms with Gasteiger partial charge in [0.25, 0.3) is 5.69 Å². The van der Waals surface area contributed by atoms with Crippen molar-refractivity contribution < 1.29 is 19.2 Å². The molecule has 136 valence electrons. The van der Waals surface area contributed by atoms with E-state index in [2.05, 4.69) is 0 Å². The number of carbonyl (C=O) groups is 1. The Bertz CT molecular complexity index is 975. The Kier molecular flexibility index (Phi) is 5.68. The number of hydrogen-bond acceptors (Lipinski definition) is 5. The molecule has 6 nitrogen and oxygen atoms in total. The molecule has 0 amide bonds. The predicted molar refractivity (Wildman–Crippen MR) is 100 cm³/mol. The molecule has 27 heavy (non-hydrogen) atoms. The van der Waals surface area contributed by atoms with Crippen LogP contribution in [0.25, 0.3) is 0 Å². The fourth-order valence-electron chi connectivity index (χ4n) is 2.34. The topological polar surface area (TPSA) is 78.7 Å². The molecule has 0 N–H and O–H groups in total. The lowest BCUT2D eigenvalue weighted by Gasteiger charge is -2.09. The van der Waals surface area contributed by atoms with Crippen LogP contribution in [0.1, 0.15) is 15.9 Å². The van der Waals surface area contributed by atoms with Crippen molar-refractivity contribution in [2.24, 2.45) is 0 Å². The molecule has 0 aliphatic heterocycles. The highest BCUT2D eigenvalue weighted by Crippen LogP contribution is 2.26. The predicted octanol–water partition coefficient (Wildman–Crippen LogP) is 5.40. The standard InChI is InChI=1S/C20H14ClNO5/c21-18-10-9-15(12-19(18)22(24)25)20(23)26-13-14-5-4-8-17(11-14)27-16-6-2-1-3-7-16/h1-12H,13H2. The van der Waals surface area contributed by atoms with Gasteiger partial charge in [0, 0.05) is 6.07 Å². The second kappa shape index (κ2) is 8.33. The van der Waals surface area contributed by atoms with Crippen LogP contribution in [0.5, 0.6) is 11.5 Å². The van der Waals surface area contributed by atoms with Crippen LogP contribution in [0, 0.1) is 10.1 Å². The SMILES string of the molecule is O=C(OCc1cccc(Oc2ccccc2)c1)c1ccc(Cl)c([N+](=O)[O-])c1. The van der Waals surface area contributed by atoms with E-state index in [0.717, 1.165) is 11.6 Å².